The average molecular weight is 286 g/mol. The summed E-state index contributed by atoms with van der Waals surface area (Å²) >= 11 is 0. The van der Waals surface area contributed by atoms with Gasteiger partial charge in [-0.2, -0.15) is 0 Å². The third-order valence-corrected chi connectivity index (χ3v) is 3.20. The number of nitrogens with zero attached hydrogens (tertiary/aromatic N) is 1. The topological polar surface area (TPSA) is 24.5 Å². The summed E-state index contributed by atoms with van der Waals surface area (Å²) in [4.78, 5) is 2.18. The van der Waals surface area contributed by atoms with Crippen LogP contribution in [0.3, 0.4) is 0 Å². The molecule has 1 aromatic rings. The Kier molecular flexibility index (Phi) is 4.67. The van der Waals surface area contributed by atoms with Crippen molar-refractivity contribution >= 4 is 0 Å². The Hall–Kier alpha value is -1.53. The van der Waals surface area contributed by atoms with Crippen LogP contribution in [0.2, 0.25) is 0 Å². The maximum absolute atomic E-state index is 12.2. The summed E-state index contributed by atoms with van der Waals surface area (Å²) in [5.74, 6) is -0.197. The van der Waals surface area contributed by atoms with Gasteiger partial charge in [0.25, 0.3) is 0 Å². The van der Waals surface area contributed by atoms with Crippen molar-refractivity contribution in [1.29, 1.82) is 0 Å². The van der Waals surface area contributed by atoms with Crippen LogP contribution >= 0.6 is 0 Å². The van der Waals surface area contributed by atoms with E-state index in [1.54, 1.807) is 18.2 Å². The zero-order valence-electron chi connectivity index (χ0n) is 11.0. The van der Waals surface area contributed by atoms with E-state index in [9.17, 15) is 13.2 Å². The molecule has 2 rings (SSSR count). The lowest BCUT2D eigenvalue weighted by Gasteiger charge is -2.33. The Morgan fingerprint density at radius 1 is 1.30 bits per heavy atom. The Morgan fingerprint density at radius 2 is 2.00 bits per heavy atom. The lowest BCUT2D eigenvalue weighted by atomic mass is 10.0. The fourth-order valence-electron chi connectivity index (χ4n) is 2.35. The van der Waals surface area contributed by atoms with Crippen LogP contribution in [0.1, 0.15) is 11.6 Å². The highest BCUT2D eigenvalue weighted by Gasteiger charge is 2.31. The fourth-order valence-corrected chi connectivity index (χ4v) is 2.35. The normalized spacial score (nSPS) is 18.6. The largest absolute Gasteiger partial charge is 0.573 e. The molecular formula is C14H17F3N2O. The van der Waals surface area contributed by atoms with Gasteiger partial charge in [0.05, 0.1) is 6.04 Å². The summed E-state index contributed by atoms with van der Waals surface area (Å²) < 4.78 is 40.7. The predicted molar refractivity (Wildman–Crippen MR) is 70.5 cm³/mol. The first kappa shape index (κ1) is 14.9. The molecule has 6 heteroatoms. The number of hydrogen-bond donors (Lipinski definition) is 1. The molecule has 1 N–H and O–H groups in total. The van der Waals surface area contributed by atoms with Gasteiger partial charge in [0.2, 0.25) is 0 Å². The third-order valence-electron chi connectivity index (χ3n) is 3.20. The first-order chi connectivity index (χ1) is 9.49. The van der Waals surface area contributed by atoms with E-state index in [2.05, 4.69) is 21.5 Å². The van der Waals surface area contributed by atoms with Crippen molar-refractivity contribution in [2.45, 2.75) is 12.4 Å². The highest BCUT2D eigenvalue weighted by Crippen LogP contribution is 2.28. The van der Waals surface area contributed by atoms with Crippen molar-refractivity contribution in [2.24, 2.45) is 0 Å². The van der Waals surface area contributed by atoms with Gasteiger partial charge < -0.3 is 10.1 Å². The van der Waals surface area contributed by atoms with E-state index in [0.29, 0.717) is 0 Å². The maximum Gasteiger partial charge on any atom is 0.573 e. The van der Waals surface area contributed by atoms with Gasteiger partial charge in [-0.3, -0.25) is 4.90 Å². The number of hydrogen-bond acceptors (Lipinski definition) is 3. The molecule has 1 aromatic carbocycles. The third kappa shape index (κ3) is 3.98. The molecule has 1 heterocycles. The Morgan fingerprint density at radius 3 is 2.60 bits per heavy atom. The minimum Gasteiger partial charge on any atom is -0.406 e. The Labute approximate surface area is 116 Å². The van der Waals surface area contributed by atoms with Gasteiger partial charge in [0.1, 0.15) is 5.75 Å². The van der Waals surface area contributed by atoms with Gasteiger partial charge in [0.15, 0.2) is 0 Å². The predicted octanol–water partition coefficient (Wildman–Crippen LogP) is 2.72. The lowest BCUT2D eigenvalue weighted by molar-refractivity contribution is -0.274. The van der Waals surface area contributed by atoms with Gasteiger partial charge in [-0.1, -0.05) is 18.2 Å². The van der Waals surface area contributed by atoms with Crippen molar-refractivity contribution in [3.63, 3.8) is 0 Å². The van der Waals surface area contributed by atoms with E-state index < -0.39 is 6.36 Å². The van der Waals surface area contributed by atoms with Crippen LogP contribution < -0.4 is 10.1 Å². The summed E-state index contributed by atoms with van der Waals surface area (Å²) in [6, 6.07) is 5.97. The van der Waals surface area contributed by atoms with E-state index in [4.69, 9.17) is 0 Å². The van der Waals surface area contributed by atoms with Crippen molar-refractivity contribution in [3.8, 4) is 5.75 Å². The van der Waals surface area contributed by atoms with E-state index in [-0.39, 0.29) is 11.8 Å². The second-order valence-electron chi connectivity index (χ2n) is 4.59. The van der Waals surface area contributed by atoms with Gasteiger partial charge in [-0.25, -0.2) is 0 Å². The van der Waals surface area contributed by atoms with Gasteiger partial charge in [-0.05, 0) is 17.7 Å². The Bertz CT molecular complexity index is 456. The van der Waals surface area contributed by atoms with Crippen LogP contribution in [0.5, 0.6) is 5.75 Å². The molecule has 1 aliphatic heterocycles. The van der Waals surface area contributed by atoms with E-state index in [0.717, 1.165) is 31.7 Å². The molecule has 110 valence electrons. The first-order valence-electron chi connectivity index (χ1n) is 6.42. The number of nitrogens with one attached hydrogen (secondary N) is 1. The zero-order valence-corrected chi connectivity index (χ0v) is 11.0. The number of piperazine rings is 1. The number of benzene rings is 1. The molecule has 0 amide bonds. The molecule has 1 aliphatic rings. The van der Waals surface area contributed by atoms with Crippen molar-refractivity contribution < 1.29 is 17.9 Å². The smallest absolute Gasteiger partial charge is 0.406 e. The monoisotopic (exact) mass is 286 g/mol. The summed E-state index contributed by atoms with van der Waals surface area (Å²) in [5.41, 5.74) is 0.753. The van der Waals surface area contributed by atoms with Crippen LogP contribution in [0.4, 0.5) is 13.2 Å². The molecule has 0 unspecified atom stereocenters. The molecule has 1 atom stereocenters. The van der Waals surface area contributed by atoms with E-state index >= 15 is 0 Å². The molecule has 0 spiro atoms. The summed E-state index contributed by atoms with van der Waals surface area (Å²) in [5, 5.41) is 3.24. The highest BCUT2D eigenvalue weighted by atomic mass is 19.4. The van der Waals surface area contributed by atoms with Crippen LogP contribution in [-0.4, -0.2) is 37.4 Å². The standard InChI is InChI=1S/C14H17F3N2O/c1-2-13(19-8-6-18-7-9-19)11-4-3-5-12(10-11)20-14(15,16)17/h2-5,10,13,18H,1,6-9H2/t13-/m0/s1. The fraction of sp³-hybridized carbons (Fsp3) is 0.429. The minimum absolute atomic E-state index is 0.103. The van der Waals surface area contributed by atoms with Crippen LogP contribution in [0.15, 0.2) is 36.9 Å². The van der Waals surface area contributed by atoms with Gasteiger partial charge >= 0.3 is 6.36 Å². The number of alkyl halides is 3. The first-order valence-corrected chi connectivity index (χ1v) is 6.42. The summed E-state index contributed by atoms with van der Waals surface area (Å²) in [7, 11) is 0. The Balaban J connectivity index is 2.17. The highest BCUT2D eigenvalue weighted by molar-refractivity contribution is 5.32. The maximum atomic E-state index is 12.2. The molecule has 0 bridgehead atoms. The number of rotatable bonds is 4. The van der Waals surface area contributed by atoms with Gasteiger partial charge in [0, 0.05) is 26.2 Å². The second kappa shape index (κ2) is 6.28. The van der Waals surface area contributed by atoms with E-state index in [1.165, 1.54) is 12.1 Å². The van der Waals surface area contributed by atoms with Crippen molar-refractivity contribution in [2.75, 3.05) is 26.2 Å². The molecular weight excluding hydrogens is 269 g/mol. The molecule has 0 aliphatic carbocycles. The molecule has 1 fully saturated rings. The van der Waals surface area contributed by atoms with Crippen molar-refractivity contribution in [1.82, 2.24) is 10.2 Å². The summed E-state index contributed by atoms with van der Waals surface area (Å²) in [6.07, 6.45) is -2.92. The van der Waals surface area contributed by atoms with Crippen LogP contribution in [0, 0.1) is 0 Å². The molecule has 20 heavy (non-hydrogen) atoms. The van der Waals surface area contributed by atoms with E-state index in [1.807, 2.05) is 0 Å². The molecule has 0 aromatic heterocycles. The second-order valence-corrected chi connectivity index (χ2v) is 4.59. The SMILES string of the molecule is C=C[C@@H](c1cccc(OC(F)(F)F)c1)N1CCNCC1. The number of ether oxygens (including phenoxy) is 1. The molecule has 0 saturated carbocycles. The zero-order chi connectivity index (χ0) is 14.6. The van der Waals surface area contributed by atoms with Gasteiger partial charge in [-0.15, -0.1) is 19.8 Å². The lowest BCUT2D eigenvalue weighted by Crippen LogP contribution is -2.44. The number of halogens is 3. The van der Waals surface area contributed by atoms with Crippen LogP contribution in [0.25, 0.3) is 0 Å². The van der Waals surface area contributed by atoms with Crippen LogP contribution in [-0.2, 0) is 0 Å². The van der Waals surface area contributed by atoms with Crippen molar-refractivity contribution in [3.05, 3.63) is 42.5 Å². The minimum atomic E-state index is -4.67. The average Bonchev–Trinajstić information content (AvgIpc) is 2.39. The molecule has 1 saturated heterocycles. The molecule has 3 nitrogen and oxygen atoms in total. The quantitative estimate of drug-likeness (QED) is 0.861. The summed E-state index contributed by atoms with van der Waals surface area (Å²) in [6.45, 7) is 7.19. The molecule has 0 radical (unpaired) electrons.